The first-order valence-electron chi connectivity index (χ1n) is 7.13. The quantitative estimate of drug-likeness (QED) is 0.804. The molecule has 3 aromatic rings. The number of benzene rings is 1. The lowest BCUT2D eigenvalue weighted by molar-refractivity contribution is 0.101. The summed E-state index contributed by atoms with van der Waals surface area (Å²) in [6.07, 6.45) is 3.57. The SMILES string of the molecule is CCn1nc(C)cc1C(=O)Nc1cccc(-n2cccn2)c1. The predicted molar refractivity (Wildman–Crippen MR) is 84.2 cm³/mol. The molecule has 112 valence electrons. The molecule has 0 aliphatic carbocycles. The summed E-state index contributed by atoms with van der Waals surface area (Å²) < 4.78 is 3.44. The van der Waals surface area contributed by atoms with Crippen molar-refractivity contribution in [3.05, 3.63) is 60.2 Å². The van der Waals surface area contributed by atoms with Gasteiger partial charge in [0, 0.05) is 24.6 Å². The van der Waals surface area contributed by atoms with Gasteiger partial charge >= 0.3 is 0 Å². The number of hydrogen-bond donors (Lipinski definition) is 1. The van der Waals surface area contributed by atoms with Crippen LogP contribution in [0.5, 0.6) is 0 Å². The third-order valence-corrected chi connectivity index (χ3v) is 3.31. The van der Waals surface area contributed by atoms with Crippen LogP contribution >= 0.6 is 0 Å². The Morgan fingerprint density at radius 3 is 2.86 bits per heavy atom. The molecule has 2 heterocycles. The van der Waals surface area contributed by atoms with Crippen LogP contribution in [0.25, 0.3) is 5.69 Å². The minimum Gasteiger partial charge on any atom is -0.321 e. The highest BCUT2D eigenvalue weighted by atomic mass is 16.2. The zero-order chi connectivity index (χ0) is 15.5. The molecule has 6 heteroatoms. The van der Waals surface area contributed by atoms with Crippen LogP contribution < -0.4 is 5.32 Å². The molecule has 0 radical (unpaired) electrons. The van der Waals surface area contributed by atoms with Gasteiger partial charge in [-0.25, -0.2) is 4.68 Å². The number of amides is 1. The summed E-state index contributed by atoms with van der Waals surface area (Å²) >= 11 is 0. The number of nitrogens with one attached hydrogen (secondary N) is 1. The van der Waals surface area contributed by atoms with Gasteiger partial charge in [0.15, 0.2) is 0 Å². The van der Waals surface area contributed by atoms with Gasteiger partial charge in [-0.3, -0.25) is 9.48 Å². The number of aromatic nitrogens is 4. The van der Waals surface area contributed by atoms with Crippen molar-refractivity contribution in [3.63, 3.8) is 0 Å². The minimum atomic E-state index is -0.167. The number of aryl methyl sites for hydroxylation is 2. The summed E-state index contributed by atoms with van der Waals surface area (Å²) in [5.41, 5.74) is 3.00. The van der Waals surface area contributed by atoms with Gasteiger partial charge in [0.25, 0.3) is 5.91 Å². The molecule has 22 heavy (non-hydrogen) atoms. The minimum absolute atomic E-state index is 0.167. The lowest BCUT2D eigenvalue weighted by Crippen LogP contribution is -2.17. The Labute approximate surface area is 128 Å². The standard InChI is InChI=1S/C16H17N5O/c1-3-20-15(10-12(2)19-20)16(22)18-13-6-4-7-14(11-13)21-9-5-8-17-21/h4-11H,3H2,1-2H3,(H,18,22). The van der Waals surface area contributed by atoms with Crippen molar-refractivity contribution in [2.24, 2.45) is 0 Å². The molecule has 2 aromatic heterocycles. The second-order valence-corrected chi connectivity index (χ2v) is 4.94. The Morgan fingerprint density at radius 1 is 1.27 bits per heavy atom. The van der Waals surface area contributed by atoms with E-state index in [0.29, 0.717) is 12.2 Å². The van der Waals surface area contributed by atoms with Gasteiger partial charge in [0.2, 0.25) is 0 Å². The molecule has 0 aliphatic rings. The first kappa shape index (κ1) is 14.1. The third-order valence-electron chi connectivity index (χ3n) is 3.31. The second-order valence-electron chi connectivity index (χ2n) is 4.94. The van der Waals surface area contributed by atoms with E-state index < -0.39 is 0 Å². The maximum Gasteiger partial charge on any atom is 0.273 e. The van der Waals surface area contributed by atoms with Crippen molar-refractivity contribution >= 4 is 11.6 Å². The summed E-state index contributed by atoms with van der Waals surface area (Å²) in [4.78, 5) is 12.4. The molecule has 1 N–H and O–H groups in total. The molecule has 1 aromatic carbocycles. The van der Waals surface area contributed by atoms with Gasteiger partial charge in [-0.05, 0) is 44.2 Å². The highest BCUT2D eigenvalue weighted by Gasteiger charge is 2.13. The number of nitrogens with zero attached hydrogens (tertiary/aromatic N) is 4. The van der Waals surface area contributed by atoms with E-state index in [2.05, 4.69) is 15.5 Å². The topological polar surface area (TPSA) is 64.7 Å². The lowest BCUT2D eigenvalue weighted by atomic mass is 10.2. The molecule has 0 saturated carbocycles. The van der Waals surface area contributed by atoms with Crippen LogP contribution in [-0.4, -0.2) is 25.5 Å². The molecule has 6 nitrogen and oxygen atoms in total. The van der Waals surface area contributed by atoms with E-state index in [9.17, 15) is 4.79 Å². The summed E-state index contributed by atoms with van der Waals surface area (Å²) in [6, 6.07) is 11.2. The van der Waals surface area contributed by atoms with Gasteiger partial charge in [-0.15, -0.1) is 0 Å². The summed E-state index contributed by atoms with van der Waals surface area (Å²) in [7, 11) is 0. The lowest BCUT2D eigenvalue weighted by Gasteiger charge is -2.08. The zero-order valence-electron chi connectivity index (χ0n) is 12.5. The van der Waals surface area contributed by atoms with Crippen LogP contribution in [0.4, 0.5) is 5.69 Å². The molecule has 0 fully saturated rings. The monoisotopic (exact) mass is 295 g/mol. The van der Waals surface area contributed by atoms with E-state index in [1.54, 1.807) is 21.6 Å². The van der Waals surface area contributed by atoms with Crippen LogP contribution in [-0.2, 0) is 6.54 Å². The van der Waals surface area contributed by atoms with Crippen LogP contribution in [0.2, 0.25) is 0 Å². The Bertz CT molecular complexity index is 789. The highest BCUT2D eigenvalue weighted by Crippen LogP contribution is 2.15. The molecule has 1 amide bonds. The van der Waals surface area contributed by atoms with Crippen LogP contribution in [0.3, 0.4) is 0 Å². The average molecular weight is 295 g/mol. The molecule has 0 bridgehead atoms. The fourth-order valence-corrected chi connectivity index (χ4v) is 2.31. The average Bonchev–Trinajstić information content (AvgIpc) is 3.16. The predicted octanol–water partition coefficient (Wildman–Crippen LogP) is 2.65. The van der Waals surface area contributed by atoms with Crippen molar-refractivity contribution < 1.29 is 4.79 Å². The van der Waals surface area contributed by atoms with Crippen molar-refractivity contribution in [1.29, 1.82) is 0 Å². The van der Waals surface area contributed by atoms with Crippen molar-refractivity contribution in [2.45, 2.75) is 20.4 Å². The molecule has 0 saturated heterocycles. The van der Waals surface area contributed by atoms with Crippen molar-refractivity contribution in [1.82, 2.24) is 19.6 Å². The number of rotatable bonds is 4. The number of carbonyl (C=O) groups is 1. The molecular weight excluding hydrogens is 278 g/mol. The normalized spacial score (nSPS) is 10.6. The van der Waals surface area contributed by atoms with Gasteiger partial charge < -0.3 is 5.32 Å². The molecular formula is C16H17N5O. The van der Waals surface area contributed by atoms with Gasteiger partial charge in [0.05, 0.1) is 11.4 Å². The maximum atomic E-state index is 12.4. The van der Waals surface area contributed by atoms with Crippen LogP contribution in [0, 0.1) is 6.92 Å². The van der Waals surface area contributed by atoms with Crippen molar-refractivity contribution in [3.8, 4) is 5.69 Å². The van der Waals surface area contributed by atoms with Gasteiger partial charge in [-0.2, -0.15) is 10.2 Å². The summed E-state index contributed by atoms with van der Waals surface area (Å²) in [5.74, 6) is -0.167. The van der Waals surface area contributed by atoms with Gasteiger partial charge in [0.1, 0.15) is 5.69 Å². The number of carbonyl (C=O) groups excluding carboxylic acids is 1. The van der Waals surface area contributed by atoms with Crippen LogP contribution in [0.1, 0.15) is 23.1 Å². The second kappa shape index (κ2) is 5.85. The third kappa shape index (κ3) is 2.76. The number of anilines is 1. The first-order chi connectivity index (χ1) is 10.7. The maximum absolute atomic E-state index is 12.4. The summed E-state index contributed by atoms with van der Waals surface area (Å²) in [5, 5.41) is 11.4. The zero-order valence-corrected chi connectivity index (χ0v) is 12.5. The number of hydrogen-bond acceptors (Lipinski definition) is 3. The van der Waals surface area contributed by atoms with Gasteiger partial charge in [-0.1, -0.05) is 6.07 Å². The van der Waals surface area contributed by atoms with E-state index in [0.717, 1.165) is 17.1 Å². The largest absolute Gasteiger partial charge is 0.321 e. The van der Waals surface area contributed by atoms with E-state index in [-0.39, 0.29) is 5.91 Å². The van der Waals surface area contributed by atoms with E-state index >= 15 is 0 Å². The molecule has 0 unspecified atom stereocenters. The van der Waals surface area contributed by atoms with Crippen LogP contribution in [0.15, 0.2) is 48.8 Å². The smallest absolute Gasteiger partial charge is 0.273 e. The first-order valence-corrected chi connectivity index (χ1v) is 7.13. The van der Waals surface area contributed by atoms with E-state index in [4.69, 9.17) is 0 Å². The fraction of sp³-hybridized carbons (Fsp3) is 0.188. The fourth-order valence-electron chi connectivity index (χ4n) is 2.31. The molecule has 0 aliphatic heterocycles. The Balaban J connectivity index is 1.84. The highest BCUT2D eigenvalue weighted by molar-refractivity contribution is 6.03. The van der Waals surface area contributed by atoms with E-state index in [1.807, 2.05) is 50.4 Å². The Hall–Kier alpha value is -2.89. The molecule has 0 spiro atoms. The molecule has 0 atom stereocenters. The van der Waals surface area contributed by atoms with E-state index in [1.165, 1.54) is 0 Å². The summed E-state index contributed by atoms with van der Waals surface area (Å²) in [6.45, 7) is 4.49. The Kier molecular flexibility index (Phi) is 3.74. The molecule has 3 rings (SSSR count). The van der Waals surface area contributed by atoms with Crippen molar-refractivity contribution in [2.75, 3.05) is 5.32 Å². The Morgan fingerprint density at radius 2 is 2.14 bits per heavy atom.